The Labute approximate surface area is 73.4 Å². The summed E-state index contributed by atoms with van der Waals surface area (Å²) in [5.41, 5.74) is 0. The van der Waals surface area contributed by atoms with Crippen molar-refractivity contribution in [1.29, 1.82) is 0 Å². The second-order valence-corrected chi connectivity index (χ2v) is 1.55. The third-order valence-corrected chi connectivity index (χ3v) is 0.543. The molecular weight excluding hydrogens is 180 g/mol. The van der Waals surface area contributed by atoms with E-state index in [-0.39, 0.29) is 0 Å². The summed E-state index contributed by atoms with van der Waals surface area (Å²) >= 11 is 0. The Hall–Kier alpha value is -2.11. The molecule has 0 rings (SSSR count). The van der Waals surface area contributed by atoms with Gasteiger partial charge in [-0.15, -0.1) is 0 Å². The molecule has 0 amide bonds. The standard InChI is InChI=1S/C4H4O4.C3H4O2/c5-3(6)1-2-4(7)8;1-2-3(4)5/h1-2H,(H,5,6)(H,7,8);2H,1H2,(H,4,5)/b2-1+;. The van der Waals surface area contributed by atoms with E-state index in [1.54, 1.807) is 0 Å². The Morgan fingerprint density at radius 2 is 1.08 bits per heavy atom. The molecule has 0 saturated carbocycles. The summed E-state index contributed by atoms with van der Waals surface area (Å²) in [7, 11) is 0. The van der Waals surface area contributed by atoms with Crippen molar-refractivity contribution in [3.05, 3.63) is 24.8 Å². The van der Waals surface area contributed by atoms with Crippen LogP contribution in [0, 0.1) is 0 Å². The molecule has 0 aromatic heterocycles. The van der Waals surface area contributed by atoms with Gasteiger partial charge in [-0.05, 0) is 0 Å². The van der Waals surface area contributed by atoms with Crippen LogP contribution in [0.5, 0.6) is 0 Å². The summed E-state index contributed by atoms with van der Waals surface area (Å²) < 4.78 is 0. The molecule has 0 bridgehead atoms. The molecule has 0 aromatic carbocycles. The van der Waals surface area contributed by atoms with Crippen LogP contribution >= 0.6 is 0 Å². The molecule has 72 valence electrons. The summed E-state index contributed by atoms with van der Waals surface area (Å²) in [6.45, 7) is 2.96. The van der Waals surface area contributed by atoms with Gasteiger partial charge in [0.2, 0.25) is 0 Å². The molecule has 0 fully saturated rings. The lowest BCUT2D eigenvalue weighted by Gasteiger charge is -1.74. The van der Waals surface area contributed by atoms with E-state index < -0.39 is 17.9 Å². The van der Waals surface area contributed by atoms with E-state index in [4.69, 9.17) is 15.3 Å². The van der Waals surface area contributed by atoms with Gasteiger partial charge in [-0.1, -0.05) is 6.58 Å². The average Bonchev–Trinajstić information content (AvgIpc) is 2.02. The maximum absolute atomic E-state index is 9.55. The summed E-state index contributed by atoms with van der Waals surface area (Å²) in [4.78, 5) is 28.4. The predicted molar refractivity (Wildman–Crippen MR) is 42.2 cm³/mol. The number of carboxylic acids is 3. The molecule has 0 aliphatic carbocycles. The molecule has 0 atom stereocenters. The smallest absolute Gasteiger partial charge is 0.328 e. The molecule has 0 unspecified atom stereocenters. The van der Waals surface area contributed by atoms with Crippen LogP contribution in [0.25, 0.3) is 0 Å². The monoisotopic (exact) mass is 188 g/mol. The first-order valence-electron chi connectivity index (χ1n) is 2.89. The minimum absolute atomic E-state index is 0.558. The number of hydrogen-bond acceptors (Lipinski definition) is 3. The molecule has 0 spiro atoms. The zero-order chi connectivity index (χ0) is 10.9. The van der Waals surface area contributed by atoms with Gasteiger partial charge in [-0.3, -0.25) is 0 Å². The Kier molecular flexibility index (Phi) is 8.28. The van der Waals surface area contributed by atoms with E-state index in [1.165, 1.54) is 0 Å². The Morgan fingerprint density at radius 1 is 0.846 bits per heavy atom. The number of aliphatic carboxylic acids is 3. The molecule has 0 radical (unpaired) electrons. The van der Waals surface area contributed by atoms with Gasteiger partial charge >= 0.3 is 17.9 Å². The first-order valence-corrected chi connectivity index (χ1v) is 2.89. The van der Waals surface area contributed by atoms with Crippen molar-refractivity contribution in [2.24, 2.45) is 0 Å². The molecule has 0 saturated heterocycles. The van der Waals surface area contributed by atoms with Crippen LogP contribution in [-0.4, -0.2) is 33.2 Å². The van der Waals surface area contributed by atoms with E-state index in [1.807, 2.05) is 0 Å². The quantitative estimate of drug-likeness (QED) is 0.536. The van der Waals surface area contributed by atoms with Crippen molar-refractivity contribution < 1.29 is 29.7 Å². The van der Waals surface area contributed by atoms with Crippen LogP contribution < -0.4 is 0 Å². The third-order valence-electron chi connectivity index (χ3n) is 0.543. The Balaban J connectivity index is 0. The summed E-state index contributed by atoms with van der Waals surface area (Å²) in [6, 6.07) is 0. The molecule has 0 aliphatic heterocycles. The molecule has 0 heterocycles. The van der Waals surface area contributed by atoms with Crippen LogP contribution in [0.3, 0.4) is 0 Å². The lowest BCUT2D eigenvalue weighted by atomic mass is 10.5. The Bertz CT molecular complexity index is 223. The largest absolute Gasteiger partial charge is 0.478 e. The normalized spacial score (nSPS) is 8.31. The minimum Gasteiger partial charge on any atom is -0.478 e. The van der Waals surface area contributed by atoms with Gasteiger partial charge in [0.25, 0.3) is 0 Å². The highest BCUT2D eigenvalue weighted by Crippen LogP contribution is 1.70. The molecule has 6 nitrogen and oxygen atoms in total. The fourth-order valence-corrected chi connectivity index (χ4v) is 0.143. The van der Waals surface area contributed by atoms with Crippen molar-refractivity contribution in [1.82, 2.24) is 0 Å². The van der Waals surface area contributed by atoms with E-state index in [0.717, 1.165) is 6.08 Å². The summed E-state index contributed by atoms with van der Waals surface area (Å²) in [6.07, 6.45) is 1.95. The fraction of sp³-hybridized carbons (Fsp3) is 0. The zero-order valence-electron chi connectivity index (χ0n) is 6.51. The van der Waals surface area contributed by atoms with Gasteiger partial charge in [0.05, 0.1) is 0 Å². The van der Waals surface area contributed by atoms with E-state index in [0.29, 0.717) is 12.2 Å². The SMILES string of the molecule is C=CC(=O)O.O=C(O)/C=C/C(=O)O. The molecule has 3 N–H and O–H groups in total. The topological polar surface area (TPSA) is 112 Å². The maximum Gasteiger partial charge on any atom is 0.328 e. The highest BCUT2D eigenvalue weighted by molar-refractivity contribution is 5.89. The summed E-state index contributed by atoms with van der Waals surface area (Å²) in [5, 5.41) is 23.2. The zero-order valence-corrected chi connectivity index (χ0v) is 6.51. The summed E-state index contributed by atoms with van der Waals surface area (Å²) in [5.74, 6) is -3.50. The number of carboxylic acid groups (broad SMARTS) is 3. The van der Waals surface area contributed by atoms with Crippen LogP contribution in [0.2, 0.25) is 0 Å². The highest BCUT2D eigenvalue weighted by Gasteiger charge is 1.88. The van der Waals surface area contributed by atoms with E-state index >= 15 is 0 Å². The number of rotatable bonds is 3. The van der Waals surface area contributed by atoms with E-state index in [9.17, 15) is 14.4 Å². The lowest BCUT2D eigenvalue weighted by molar-refractivity contribution is -0.134. The van der Waals surface area contributed by atoms with Crippen molar-refractivity contribution in [3.63, 3.8) is 0 Å². The minimum atomic E-state index is -1.26. The second-order valence-electron chi connectivity index (χ2n) is 1.55. The van der Waals surface area contributed by atoms with Gasteiger partial charge in [0.1, 0.15) is 0 Å². The first-order chi connectivity index (χ1) is 5.90. The average molecular weight is 188 g/mol. The van der Waals surface area contributed by atoms with Crippen LogP contribution in [-0.2, 0) is 14.4 Å². The van der Waals surface area contributed by atoms with E-state index in [2.05, 4.69) is 6.58 Å². The maximum atomic E-state index is 9.55. The van der Waals surface area contributed by atoms with Crippen molar-refractivity contribution in [3.8, 4) is 0 Å². The molecular formula is C7H8O6. The van der Waals surface area contributed by atoms with Gasteiger partial charge < -0.3 is 15.3 Å². The van der Waals surface area contributed by atoms with Gasteiger partial charge in [0, 0.05) is 18.2 Å². The van der Waals surface area contributed by atoms with Crippen molar-refractivity contribution >= 4 is 17.9 Å². The van der Waals surface area contributed by atoms with Gasteiger partial charge in [0.15, 0.2) is 0 Å². The van der Waals surface area contributed by atoms with Gasteiger partial charge in [-0.2, -0.15) is 0 Å². The molecule has 6 heteroatoms. The first kappa shape index (κ1) is 13.5. The van der Waals surface area contributed by atoms with Crippen molar-refractivity contribution in [2.45, 2.75) is 0 Å². The Morgan fingerprint density at radius 3 is 1.15 bits per heavy atom. The highest BCUT2D eigenvalue weighted by atomic mass is 16.4. The second kappa shape index (κ2) is 7.99. The molecule has 13 heavy (non-hydrogen) atoms. The number of hydrogen-bond donors (Lipinski definition) is 3. The predicted octanol–water partition coefficient (Wildman–Crippen LogP) is -0.0312. The van der Waals surface area contributed by atoms with Crippen LogP contribution in [0.15, 0.2) is 24.8 Å². The van der Waals surface area contributed by atoms with Gasteiger partial charge in [-0.25, -0.2) is 14.4 Å². The molecule has 0 aliphatic rings. The number of carbonyl (C=O) groups is 3. The molecule has 0 aromatic rings. The van der Waals surface area contributed by atoms with Crippen molar-refractivity contribution in [2.75, 3.05) is 0 Å². The van der Waals surface area contributed by atoms with Crippen LogP contribution in [0.1, 0.15) is 0 Å². The lowest BCUT2D eigenvalue weighted by Crippen LogP contribution is -1.91. The van der Waals surface area contributed by atoms with Crippen LogP contribution in [0.4, 0.5) is 0 Å². The fourth-order valence-electron chi connectivity index (χ4n) is 0.143. The third kappa shape index (κ3) is 25.7.